The van der Waals surface area contributed by atoms with Gasteiger partial charge in [-0.15, -0.1) is 0 Å². The quantitative estimate of drug-likeness (QED) is 0.701. The molecule has 1 aromatic carbocycles. The number of aromatic hydroxyl groups is 1. The second kappa shape index (κ2) is 7.45. The Labute approximate surface area is 156 Å². The summed E-state index contributed by atoms with van der Waals surface area (Å²) in [5, 5.41) is 16.4. The van der Waals surface area contributed by atoms with Crippen LogP contribution in [0.2, 0.25) is 0 Å². The van der Waals surface area contributed by atoms with Crippen LogP contribution in [-0.2, 0) is 6.54 Å². The maximum absolute atomic E-state index is 12.8. The SMILES string of the molecule is O=C(Nc1ccc(-n2cncn2)nc1)N(Cc1ccc(O)cc1)CC1CC1. The van der Waals surface area contributed by atoms with Gasteiger partial charge in [0.15, 0.2) is 5.82 Å². The monoisotopic (exact) mass is 364 g/mol. The van der Waals surface area contributed by atoms with Crippen molar-refractivity contribution in [3.63, 3.8) is 0 Å². The molecule has 0 atom stereocenters. The molecule has 2 N–H and O–H groups in total. The third-order valence-corrected chi connectivity index (χ3v) is 4.43. The zero-order valence-corrected chi connectivity index (χ0v) is 14.7. The molecule has 0 aliphatic heterocycles. The number of carbonyl (C=O) groups excluding carboxylic acids is 1. The molecule has 0 saturated heterocycles. The summed E-state index contributed by atoms with van der Waals surface area (Å²) in [7, 11) is 0. The number of nitrogens with zero attached hydrogens (tertiary/aromatic N) is 5. The predicted octanol–water partition coefficient (Wildman–Crippen LogP) is 2.81. The Morgan fingerprint density at radius 1 is 1.22 bits per heavy atom. The zero-order valence-electron chi connectivity index (χ0n) is 14.7. The van der Waals surface area contributed by atoms with Gasteiger partial charge in [0.1, 0.15) is 18.4 Å². The lowest BCUT2D eigenvalue weighted by Crippen LogP contribution is -2.36. The Bertz CT molecular complexity index is 889. The van der Waals surface area contributed by atoms with Crippen LogP contribution in [0.5, 0.6) is 5.75 Å². The van der Waals surface area contributed by atoms with E-state index in [1.807, 2.05) is 12.1 Å². The van der Waals surface area contributed by atoms with Crippen LogP contribution in [0.4, 0.5) is 10.5 Å². The molecule has 0 spiro atoms. The van der Waals surface area contributed by atoms with Crippen LogP contribution >= 0.6 is 0 Å². The fraction of sp³-hybridized carbons (Fsp3) is 0.263. The van der Waals surface area contributed by atoms with Crippen LogP contribution in [0.1, 0.15) is 18.4 Å². The first kappa shape index (κ1) is 17.0. The van der Waals surface area contributed by atoms with E-state index in [1.165, 1.54) is 6.33 Å². The Morgan fingerprint density at radius 2 is 2.04 bits per heavy atom. The number of amides is 2. The van der Waals surface area contributed by atoms with E-state index in [9.17, 15) is 9.90 Å². The van der Waals surface area contributed by atoms with E-state index in [-0.39, 0.29) is 11.8 Å². The number of pyridine rings is 1. The molecule has 3 aromatic rings. The molecule has 0 bridgehead atoms. The Kier molecular flexibility index (Phi) is 4.69. The fourth-order valence-electron chi connectivity index (χ4n) is 2.78. The molecule has 0 radical (unpaired) electrons. The van der Waals surface area contributed by atoms with Crippen molar-refractivity contribution in [2.45, 2.75) is 19.4 Å². The summed E-state index contributed by atoms with van der Waals surface area (Å²) in [5.74, 6) is 1.42. The topological polar surface area (TPSA) is 96.2 Å². The molecule has 0 unspecified atom stereocenters. The van der Waals surface area contributed by atoms with Crippen molar-refractivity contribution in [2.24, 2.45) is 5.92 Å². The minimum Gasteiger partial charge on any atom is -0.508 e. The number of benzene rings is 1. The van der Waals surface area contributed by atoms with Gasteiger partial charge in [-0.05, 0) is 48.6 Å². The van der Waals surface area contributed by atoms with Crippen molar-refractivity contribution in [3.05, 3.63) is 60.8 Å². The summed E-state index contributed by atoms with van der Waals surface area (Å²) in [5.41, 5.74) is 1.60. The lowest BCUT2D eigenvalue weighted by atomic mass is 10.2. The number of phenols is 1. The van der Waals surface area contributed by atoms with E-state index in [4.69, 9.17) is 0 Å². The van der Waals surface area contributed by atoms with E-state index in [2.05, 4.69) is 20.4 Å². The van der Waals surface area contributed by atoms with Crippen molar-refractivity contribution in [1.29, 1.82) is 0 Å². The van der Waals surface area contributed by atoms with Gasteiger partial charge in [-0.25, -0.2) is 19.4 Å². The van der Waals surface area contributed by atoms with Gasteiger partial charge in [-0.2, -0.15) is 5.10 Å². The van der Waals surface area contributed by atoms with Crippen LogP contribution in [-0.4, -0.2) is 42.3 Å². The van der Waals surface area contributed by atoms with Crippen LogP contribution in [0.15, 0.2) is 55.2 Å². The van der Waals surface area contributed by atoms with E-state index < -0.39 is 0 Å². The third kappa shape index (κ3) is 4.41. The summed E-state index contributed by atoms with van der Waals surface area (Å²) >= 11 is 0. The number of hydrogen-bond acceptors (Lipinski definition) is 5. The minimum absolute atomic E-state index is 0.162. The van der Waals surface area contributed by atoms with Crippen molar-refractivity contribution in [3.8, 4) is 11.6 Å². The number of aromatic nitrogens is 4. The largest absolute Gasteiger partial charge is 0.508 e. The van der Waals surface area contributed by atoms with Gasteiger partial charge < -0.3 is 15.3 Å². The van der Waals surface area contributed by atoms with Gasteiger partial charge in [-0.3, -0.25) is 0 Å². The van der Waals surface area contributed by atoms with Gasteiger partial charge in [-0.1, -0.05) is 12.1 Å². The summed E-state index contributed by atoms with van der Waals surface area (Å²) in [6.45, 7) is 1.21. The number of nitrogens with one attached hydrogen (secondary N) is 1. The van der Waals surface area contributed by atoms with Crippen molar-refractivity contribution < 1.29 is 9.90 Å². The van der Waals surface area contributed by atoms with E-state index in [0.717, 1.165) is 24.9 Å². The number of rotatable bonds is 6. The highest BCUT2D eigenvalue weighted by Gasteiger charge is 2.27. The van der Waals surface area contributed by atoms with E-state index >= 15 is 0 Å². The summed E-state index contributed by atoms with van der Waals surface area (Å²) in [4.78, 5) is 22.8. The maximum atomic E-state index is 12.8. The molecule has 4 rings (SSSR count). The fourth-order valence-corrected chi connectivity index (χ4v) is 2.78. The standard InChI is InChI=1S/C19H20N6O2/c26-17-6-3-15(4-7-17)11-24(10-14-1-2-14)19(27)23-16-5-8-18(21-9-16)25-13-20-12-22-25/h3-9,12-14,26H,1-2,10-11H2,(H,23,27). The molecule has 2 aromatic heterocycles. The molecule has 2 heterocycles. The molecular weight excluding hydrogens is 344 g/mol. The molecule has 138 valence electrons. The number of carbonyl (C=O) groups is 1. The zero-order chi connectivity index (χ0) is 18.6. The molecule has 27 heavy (non-hydrogen) atoms. The number of anilines is 1. The highest BCUT2D eigenvalue weighted by atomic mass is 16.3. The van der Waals surface area contributed by atoms with Crippen LogP contribution in [0.3, 0.4) is 0 Å². The summed E-state index contributed by atoms with van der Waals surface area (Å²) in [6, 6.07) is 10.3. The number of phenolic OH excluding ortho intramolecular Hbond substituents is 1. The first-order chi connectivity index (χ1) is 13.2. The minimum atomic E-state index is -0.162. The highest BCUT2D eigenvalue weighted by Crippen LogP contribution is 2.30. The molecular formula is C19H20N6O2. The Morgan fingerprint density at radius 3 is 2.67 bits per heavy atom. The van der Waals surface area contributed by atoms with Gasteiger partial charge in [0, 0.05) is 13.1 Å². The average molecular weight is 364 g/mol. The molecule has 2 amide bonds. The Balaban J connectivity index is 1.43. The van der Waals surface area contributed by atoms with Gasteiger partial charge in [0.05, 0.1) is 11.9 Å². The summed E-state index contributed by atoms with van der Waals surface area (Å²) < 4.78 is 1.55. The van der Waals surface area contributed by atoms with Crippen LogP contribution in [0, 0.1) is 5.92 Å². The highest BCUT2D eigenvalue weighted by molar-refractivity contribution is 5.89. The first-order valence-corrected chi connectivity index (χ1v) is 8.82. The second-order valence-corrected chi connectivity index (χ2v) is 6.67. The number of hydrogen-bond donors (Lipinski definition) is 2. The second-order valence-electron chi connectivity index (χ2n) is 6.67. The van der Waals surface area contributed by atoms with E-state index in [1.54, 1.807) is 46.4 Å². The van der Waals surface area contributed by atoms with Crippen molar-refractivity contribution in [2.75, 3.05) is 11.9 Å². The third-order valence-electron chi connectivity index (χ3n) is 4.43. The Hall–Kier alpha value is -3.42. The smallest absolute Gasteiger partial charge is 0.322 e. The lowest BCUT2D eigenvalue weighted by molar-refractivity contribution is 0.206. The lowest BCUT2D eigenvalue weighted by Gasteiger charge is -2.23. The molecule has 8 nitrogen and oxygen atoms in total. The average Bonchev–Trinajstić information content (AvgIpc) is 3.33. The van der Waals surface area contributed by atoms with Gasteiger partial charge >= 0.3 is 6.03 Å². The molecule has 1 saturated carbocycles. The van der Waals surface area contributed by atoms with Crippen molar-refractivity contribution >= 4 is 11.7 Å². The molecule has 1 aliphatic carbocycles. The normalized spacial score (nSPS) is 13.3. The molecule has 1 fully saturated rings. The molecule has 1 aliphatic rings. The van der Waals surface area contributed by atoms with Crippen molar-refractivity contribution in [1.82, 2.24) is 24.6 Å². The first-order valence-electron chi connectivity index (χ1n) is 8.82. The molecule has 8 heteroatoms. The van der Waals surface area contributed by atoms with Crippen LogP contribution < -0.4 is 5.32 Å². The summed E-state index contributed by atoms with van der Waals surface area (Å²) in [6.07, 6.45) is 6.93. The van der Waals surface area contributed by atoms with Gasteiger partial charge in [0.25, 0.3) is 0 Å². The maximum Gasteiger partial charge on any atom is 0.322 e. The predicted molar refractivity (Wildman–Crippen MR) is 99.4 cm³/mol. The van der Waals surface area contributed by atoms with Crippen LogP contribution in [0.25, 0.3) is 5.82 Å². The van der Waals surface area contributed by atoms with Gasteiger partial charge in [0.2, 0.25) is 0 Å². The number of urea groups is 1. The van der Waals surface area contributed by atoms with E-state index in [0.29, 0.717) is 24.0 Å².